The molecule has 0 aliphatic carbocycles. The molecule has 0 radical (unpaired) electrons. The fourth-order valence-electron chi connectivity index (χ4n) is 4.17. The van der Waals surface area contributed by atoms with Gasteiger partial charge in [0.15, 0.2) is 0 Å². The summed E-state index contributed by atoms with van der Waals surface area (Å²) in [7, 11) is 0. The van der Waals surface area contributed by atoms with Crippen LogP contribution in [0, 0.1) is 0 Å². The Morgan fingerprint density at radius 1 is 1.10 bits per heavy atom. The molecule has 1 aliphatic rings. The van der Waals surface area contributed by atoms with Gasteiger partial charge < -0.3 is 0 Å². The first-order valence-electron chi connectivity index (χ1n) is 10.1. The third-order valence-corrected chi connectivity index (χ3v) is 6.16. The molecule has 0 spiro atoms. The van der Waals surface area contributed by atoms with E-state index in [4.69, 9.17) is 5.10 Å². The fourth-order valence-corrected chi connectivity index (χ4v) is 4.54. The van der Waals surface area contributed by atoms with Gasteiger partial charge in [-0.05, 0) is 46.0 Å². The monoisotopic (exact) mass is 429 g/mol. The Hall–Kier alpha value is -3.45. The van der Waals surface area contributed by atoms with Gasteiger partial charge >= 0.3 is 11.3 Å². The van der Waals surface area contributed by atoms with E-state index in [-0.39, 0.29) is 11.5 Å². The van der Waals surface area contributed by atoms with E-state index in [0.717, 1.165) is 22.0 Å². The third kappa shape index (κ3) is 3.13. The van der Waals surface area contributed by atoms with Gasteiger partial charge in [-0.3, -0.25) is 14.6 Å². The number of anilines is 1. The minimum absolute atomic E-state index is 0.0310. The average molecular weight is 430 g/mol. The summed E-state index contributed by atoms with van der Waals surface area (Å²) in [6.45, 7) is 1.85. The largest absolute Gasteiger partial charge is 0.325 e. The number of nitrogens with one attached hydrogen (secondary N) is 1. The van der Waals surface area contributed by atoms with Crippen LogP contribution in [0.25, 0.3) is 22.0 Å². The standard InChI is InChI=1S/C24H20N4O2S/c1-3-20(29)27-19-11-7-6-10-18(19)21-22(30)25-24(31-2)26-28(21)23(27)17-13-12-15-8-4-5-9-16(15)14-17/h4-14,23H,3H2,1-2H3/p+1/t23-/m1/s1. The molecule has 0 unspecified atom stereocenters. The van der Waals surface area contributed by atoms with Crippen molar-refractivity contribution in [1.29, 1.82) is 0 Å². The van der Waals surface area contributed by atoms with E-state index >= 15 is 0 Å². The molecule has 7 heteroatoms. The van der Waals surface area contributed by atoms with E-state index in [0.29, 0.717) is 22.8 Å². The van der Waals surface area contributed by atoms with Gasteiger partial charge in [0.2, 0.25) is 11.1 Å². The van der Waals surface area contributed by atoms with Gasteiger partial charge in [-0.2, -0.15) is 0 Å². The van der Waals surface area contributed by atoms with Crippen LogP contribution in [-0.4, -0.2) is 22.2 Å². The first-order valence-corrected chi connectivity index (χ1v) is 11.3. The van der Waals surface area contributed by atoms with Gasteiger partial charge in [-0.1, -0.05) is 61.2 Å². The highest BCUT2D eigenvalue weighted by atomic mass is 32.2. The molecule has 1 N–H and O–H groups in total. The lowest BCUT2D eigenvalue weighted by Crippen LogP contribution is -2.60. The maximum Gasteiger partial charge on any atom is 0.325 e. The smallest absolute Gasteiger partial charge is 0.291 e. The molecular weight excluding hydrogens is 408 g/mol. The van der Waals surface area contributed by atoms with Crippen LogP contribution in [0.2, 0.25) is 0 Å². The lowest BCUT2D eigenvalue weighted by atomic mass is 9.99. The lowest BCUT2D eigenvalue weighted by molar-refractivity contribution is -0.763. The van der Waals surface area contributed by atoms with Crippen molar-refractivity contribution in [2.24, 2.45) is 0 Å². The number of carbonyl (C=O) groups is 1. The number of thioether (sulfide) groups is 1. The van der Waals surface area contributed by atoms with E-state index < -0.39 is 6.17 Å². The van der Waals surface area contributed by atoms with Crippen LogP contribution in [-0.2, 0) is 4.79 Å². The molecule has 5 rings (SSSR count). The van der Waals surface area contributed by atoms with E-state index in [1.807, 2.05) is 67.8 Å². The number of amides is 1. The van der Waals surface area contributed by atoms with Crippen LogP contribution in [0.15, 0.2) is 76.7 Å². The third-order valence-electron chi connectivity index (χ3n) is 5.59. The van der Waals surface area contributed by atoms with Crippen molar-refractivity contribution in [1.82, 2.24) is 10.1 Å². The number of para-hydroxylation sites is 1. The number of carbonyl (C=O) groups excluding carboxylic acids is 1. The summed E-state index contributed by atoms with van der Waals surface area (Å²) in [5.41, 5.74) is 2.54. The Morgan fingerprint density at radius 2 is 1.84 bits per heavy atom. The zero-order valence-electron chi connectivity index (χ0n) is 17.2. The Kier molecular flexibility index (Phi) is 4.82. The van der Waals surface area contributed by atoms with Gasteiger partial charge in [0.1, 0.15) is 0 Å². The Morgan fingerprint density at radius 3 is 2.61 bits per heavy atom. The predicted molar refractivity (Wildman–Crippen MR) is 122 cm³/mol. The lowest BCUT2D eigenvalue weighted by Gasteiger charge is -2.32. The molecular formula is C24H21N4O2S+. The molecule has 0 saturated carbocycles. The van der Waals surface area contributed by atoms with Crippen LogP contribution in [0.5, 0.6) is 0 Å². The summed E-state index contributed by atoms with van der Waals surface area (Å²) < 4.78 is 1.70. The Balaban J connectivity index is 1.85. The highest BCUT2D eigenvalue weighted by Crippen LogP contribution is 2.38. The minimum atomic E-state index is -0.560. The highest BCUT2D eigenvalue weighted by molar-refractivity contribution is 7.98. The number of hydrogen-bond acceptors (Lipinski definition) is 4. The molecule has 0 saturated heterocycles. The van der Waals surface area contributed by atoms with Crippen LogP contribution in [0.3, 0.4) is 0 Å². The highest BCUT2D eigenvalue weighted by Gasteiger charge is 2.45. The second kappa shape index (κ2) is 7.67. The van der Waals surface area contributed by atoms with Crippen molar-refractivity contribution in [2.45, 2.75) is 24.7 Å². The summed E-state index contributed by atoms with van der Waals surface area (Å²) in [6.07, 6.45) is 1.64. The Labute approximate surface area is 183 Å². The topological polar surface area (TPSA) is 69.9 Å². The summed E-state index contributed by atoms with van der Waals surface area (Å²) >= 11 is 1.36. The second-order valence-electron chi connectivity index (χ2n) is 7.37. The van der Waals surface area contributed by atoms with Crippen LogP contribution in [0.1, 0.15) is 25.1 Å². The zero-order chi connectivity index (χ0) is 21.5. The van der Waals surface area contributed by atoms with Crippen molar-refractivity contribution >= 4 is 34.1 Å². The number of aromatic amines is 1. The van der Waals surface area contributed by atoms with E-state index in [9.17, 15) is 9.59 Å². The molecule has 154 valence electrons. The van der Waals surface area contributed by atoms with Gasteiger partial charge in [0.25, 0.3) is 6.17 Å². The van der Waals surface area contributed by atoms with Crippen molar-refractivity contribution < 1.29 is 9.48 Å². The number of hydrogen-bond donors (Lipinski definition) is 1. The number of rotatable bonds is 3. The average Bonchev–Trinajstić information content (AvgIpc) is 2.81. The van der Waals surface area contributed by atoms with Gasteiger partial charge in [0, 0.05) is 17.1 Å². The zero-order valence-corrected chi connectivity index (χ0v) is 18.0. The van der Waals surface area contributed by atoms with Gasteiger partial charge in [0.05, 0.1) is 11.3 Å². The minimum Gasteiger partial charge on any atom is -0.291 e. The van der Waals surface area contributed by atoms with E-state index in [1.54, 1.807) is 9.58 Å². The van der Waals surface area contributed by atoms with Crippen molar-refractivity contribution in [3.8, 4) is 11.3 Å². The molecule has 1 atom stereocenters. The molecule has 4 aromatic rings. The summed E-state index contributed by atoms with van der Waals surface area (Å²) in [5, 5.41) is 7.41. The molecule has 1 aliphatic heterocycles. The summed E-state index contributed by atoms with van der Waals surface area (Å²) in [5.74, 6) is -0.0310. The number of benzene rings is 3. The van der Waals surface area contributed by atoms with E-state index in [1.165, 1.54) is 11.8 Å². The van der Waals surface area contributed by atoms with Crippen molar-refractivity contribution in [3.63, 3.8) is 0 Å². The summed E-state index contributed by atoms with van der Waals surface area (Å²) in [6, 6.07) is 21.7. The first-order chi connectivity index (χ1) is 15.1. The van der Waals surface area contributed by atoms with Crippen molar-refractivity contribution in [2.75, 3.05) is 11.2 Å². The summed E-state index contributed by atoms with van der Waals surface area (Å²) in [4.78, 5) is 31.0. The van der Waals surface area contributed by atoms with Crippen LogP contribution < -0.4 is 15.1 Å². The molecule has 3 aromatic carbocycles. The van der Waals surface area contributed by atoms with Crippen LogP contribution in [0.4, 0.5) is 5.69 Å². The number of H-pyrrole nitrogens is 1. The maximum atomic E-state index is 13.2. The van der Waals surface area contributed by atoms with Crippen molar-refractivity contribution in [3.05, 3.63) is 82.6 Å². The molecule has 0 fully saturated rings. The number of fused-ring (bicyclic) bond motifs is 4. The fraction of sp³-hybridized carbons (Fsp3) is 0.167. The maximum absolute atomic E-state index is 13.2. The van der Waals surface area contributed by atoms with E-state index in [2.05, 4.69) is 17.1 Å². The molecule has 31 heavy (non-hydrogen) atoms. The SMILES string of the molecule is CCC(=O)N1c2ccccc2-c2c(=O)[nH]c(SC)n[n+]2[C@@H]1c1ccc2ccccc2c1. The number of aromatic nitrogens is 3. The first kappa shape index (κ1) is 19.5. The predicted octanol–water partition coefficient (Wildman–Crippen LogP) is 3.90. The van der Waals surface area contributed by atoms with Crippen LogP contribution >= 0.6 is 11.8 Å². The normalized spacial score (nSPS) is 14.9. The van der Waals surface area contributed by atoms with Gasteiger partial charge in [-0.15, -0.1) is 0 Å². The molecule has 1 aromatic heterocycles. The molecule has 2 heterocycles. The number of nitrogens with zero attached hydrogens (tertiary/aromatic N) is 3. The molecule has 1 amide bonds. The quantitative estimate of drug-likeness (QED) is 0.396. The second-order valence-corrected chi connectivity index (χ2v) is 8.17. The molecule has 6 nitrogen and oxygen atoms in total. The Bertz CT molecular complexity index is 1380. The van der Waals surface area contributed by atoms with Gasteiger partial charge in [-0.25, -0.2) is 4.90 Å². The molecule has 0 bridgehead atoms.